The van der Waals surface area contributed by atoms with Gasteiger partial charge in [-0.05, 0) is 36.1 Å². The number of esters is 1. The molecule has 0 saturated carbocycles. The monoisotopic (exact) mass is 344 g/mol. The van der Waals surface area contributed by atoms with Gasteiger partial charge in [0.1, 0.15) is 6.61 Å². The Morgan fingerprint density at radius 1 is 1.26 bits per heavy atom. The number of alkyl halides is 3. The summed E-state index contributed by atoms with van der Waals surface area (Å²) in [5.74, 6) is 1.23. The summed E-state index contributed by atoms with van der Waals surface area (Å²) in [5, 5.41) is 3.47. The zero-order valence-corrected chi connectivity index (χ0v) is 13.2. The molecule has 0 aliphatic carbocycles. The fraction of sp³-hybridized carbons (Fsp3) is 0.333. The van der Waals surface area contributed by atoms with Gasteiger partial charge in [0.2, 0.25) is 0 Å². The summed E-state index contributed by atoms with van der Waals surface area (Å²) in [6.07, 6.45) is -3.26. The topological polar surface area (TPSA) is 44.1 Å². The zero-order valence-electron chi connectivity index (χ0n) is 12.3. The standard InChI is InChI=1S/C15H15F3N2O2S/c1-2-23-10-9-22-14(21)11-3-5-12(6-4-11)20-8-7-13(19-20)15(16,17)18/h3-8H,2,9-10H2,1H3. The van der Waals surface area contributed by atoms with Crippen molar-refractivity contribution in [2.45, 2.75) is 13.1 Å². The average molecular weight is 344 g/mol. The maximum atomic E-state index is 12.5. The normalized spacial score (nSPS) is 11.5. The molecule has 0 aliphatic rings. The van der Waals surface area contributed by atoms with Crippen molar-refractivity contribution >= 4 is 17.7 Å². The summed E-state index contributed by atoms with van der Waals surface area (Å²) in [6.45, 7) is 2.35. The molecule has 0 amide bonds. The highest BCUT2D eigenvalue weighted by atomic mass is 32.2. The minimum absolute atomic E-state index is 0.327. The highest BCUT2D eigenvalue weighted by molar-refractivity contribution is 7.99. The van der Waals surface area contributed by atoms with Crippen LogP contribution in [0.4, 0.5) is 13.2 Å². The van der Waals surface area contributed by atoms with Crippen LogP contribution < -0.4 is 0 Å². The van der Waals surface area contributed by atoms with Crippen LogP contribution in [-0.2, 0) is 10.9 Å². The van der Waals surface area contributed by atoms with Crippen molar-refractivity contribution in [3.8, 4) is 5.69 Å². The maximum Gasteiger partial charge on any atom is 0.435 e. The van der Waals surface area contributed by atoms with E-state index in [9.17, 15) is 18.0 Å². The van der Waals surface area contributed by atoms with Crippen LogP contribution >= 0.6 is 11.8 Å². The fourth-order valence-electron chi connectivity index (χ4n) is 1.79. The molecule has 0 fully saturated rings. The maximum absolute atomic E-state index is 12.5. The van der Waals surface area contributed by atoms with Gasteiger partial charge in [0.15, 0.2) is 5.69 Å². The van der Waals surface area contributed by atoms with E-state index >= 15 is 0 Å². The summed E-state index contributed by atoms with van der Waals surface area (Å²) in [5.41, 5.74) is -0.188. The molecule has 124 valence electrons. The number of carbonyl (C=O) groups excluding carboxylic acids is 1. The first-order valence-electron chi connectivity index (χ1n) is 6.90. The third-order valence-corrected chi connectivity index (χ3v) is 3.78. The van der Waals surface area contributed by atoms with E-state index in [1.165, 1.54) is 30.5 Å². The van der Waals surface area contributed by atoms with Gasteiger partial charge in [-0.2, -0.15) is 30.0 Å². The van der Waals surface area contributed by atoms with E-state index in [1.807, 2.05) is 6.92 Å². The molecule has 0 aliphatic heterocycles. The molecule has 2 aromatic rings. The molecule has 1 aromatic carbocycles. The Bertz CT molecular complexity index is 653. The predicted octanol–water partition coefficient (Wildman–Crippen LogP) is 3.80. The number of ether oxygens (including phenoxy) is 1. The number of hydrogen-bond donors (Lipinski definition) is 0. The number of rotatable bonds is 6. The second-order valence-electron chi connectivity index (χ2n) is 4.52. The van der Waals surface area contributed by atoms with Crippen molar-refractivity contribution in [2.24, 2.45) is 0 Å². The molecule has 0 spiro atoms. The summed E-state index contributed by atoms with van der Waals surface area (Å²) < 4.78 is 43.8. The lowest BCUT2D eigenvalue weighted by Gasteiger charge is -2.06. The Hall–Kier alpha value is -1.96. The zero-order chi connectivity index (χ0) is 16.9. The quantitative estimate of drug-likeness (QED) is 0.591. The molecule has 2 rings (SSSR count). The van der Waals surface area contributed by atoms with Crippen LogP contribution in [0.2, 0.25) is 0 Å². The summed E-state index contributed by atoms with van der Waals surface area (Å²) in [7, 11) is 0. The number of nitrogens with zero attached hydrogens (tertiary/aromatic N) is 2. The van der Waals surface area contributed by atoms with Crippen LogP contribution in [-0.4, -0.2) is 33.9 Å². The largest absolute Gasteiger partial charge is 0.461 e. The van der Waals surface area contributed by atoms with Gasteiger partial charge in [0.05, 0.1) is 11.3 Å². The van der Waals surface area contributed by atoms with Gasteiger partial charge in [0, 0.05) is 11.9 Å². The Morgan fingerprint density at radius 2 is 1.96 bits per heavy atom. The molecule has 1 aromatic heterocycles. The number of benzene rings is 1. The molecule has 0 saturated heterocycles. The van der Waals surface area contributed by atoms with Gasteiger partial charge >= 0.3 is 12.1 Å². The first-order chi connectivity index (χ1) is 10.9. The van der Waals surface area contributed by atoms with E-state index in [2.05, 4.69) is 5.10 Å². The van der Waals surface area contributed by atoms with E-state index in [4.69, 9.17) is 4.74 Å². The molecule has 0 radical (unpaired) electrons. The Labute approximate surface area is 135 Å². The van der Waals surface area contributed by atoms with Gasteiger partial charge in [-0.25, -0.2) is 9.48 Å². The molecule has 0 unspecified atom stereocenters. The first kappa shape index (κ1) is 17.4. The van der Waals surface area contributed by atoms with Crippen LogP contribution in [0, 0.1) is 0 Å². The lowest BCUT2D eigenvalue weighted by Crippen LogP contribution is -2.09. The van der Waals surface area contributed by atoms with E-state index < -0.39 is 17.8 Å². The van der Waals surface area contributed by atoms with Crippen LogP contribution in [0.25, 0.3) is 5.69 Å². The third-order valence-electron chi connectivity index (χ3n) is 2.91. The number of thioether (sulfide) groups is 1. The highest BCUT2D eigenvalue weighted by Gasteiger charge is 2.33. The Kier molecular flexibility index (Phi) is 5.70. The highest BCUT2D eigenvalue weighted by Crippen LogP contribution is 2.27. The van der Waals surface area contributed by atoms with Crippen LogP contribution in [0.1, 0.15) is 23.0 Å². The van der Waals surface area contributed by atoms with E-state index in [0.29, 0.717) is 17.9 Å². The van der Waals surface area contributed by atoms with Gasteiger partial charge in [-0.15, -0.1) is 0 Å². The van der Waals surface area contributed by atoms with Gasteiger partial charge < -0.3 is 4.74 Å². The van der Waals surface area contributed by atoms with Crippen LogP contribution in [0.15, 0.2) is 36.5 Å². The van der Waals surface area contributed by atoms with Crippen molar-refractivity contribution < 1.29 is 22.7 Å². The lowest BCUT2D eigenvalue weighted by molar-refractivity contribution is -0.141. The second kappa shape index (κ2) is 7.54. The SMILES string of the molecule is CCSCCOC(=O)c1ccc(-n2ccc(C(F)(F)F)n2)cc1. The van der Waals surface area contributed by atoms with Crippen molar-refractivity contribution in [3.05, 3.63) is 47.8 Å². The molecule has 0 N–H and O–H groups in total. The van der Waals surface area contributed by atoms with Crippen molar-refractivity contribution in [1.29, 1.82) is 0 Å². The Balaban J connectivity index is 2.02. The minimum atomic E-state index is -4.48. The van der Waals surface area contributed by atoms with Crippen molar-refractivity contribution in [1.82, 2.24) is 9.78 Å². The van der Waals surface area contributed by atoms with Gasteiger partial charge in [0.25, 0.3) is 0 Å². The Morgan fingerprint density at radius 3 is 2.52 bits per heavy atom. The van der Waals surface area contributed by atoms with Crippen molar-refractivity contribution in [3.63, 3.8) is 0 Å². The lowest BCUT2D eigenvalue weighted by atomic mass is 10.2. The van der Waals surface area contributed by atoms with Crippen molar-refractivity contribution in [2.75, 3.05) is 18.1 Å². The average Bonchev–Trinajstić information content (AvgIpc) is 3.02. The molecule has 0 bridgehead atoms. The third kappa shape index (κ3) is 4.75. The van der Waals surface area contributed by atoms with Crippen LogP contribution in [0.5, 0.6) is 0 Å². The summed E-state index contributed by atoms with van der Waals surface area (Å²) >= 11 is 1.67. The molecule has 23 heavy (non-hydrogen) atoms. The first-order valence-corrected chi connectivity index (χ1v) is 8.05. The van der Waals surface area contributed by atoms with E-state index in [0.717, 1.165) is 22.3 Å². The summed E-state index contributed by atoms with van der Waals surface area (Å²) in [4.78, 5) is 11.8. The smallest absolute Gasteiger partial charge is 0.435 e. The fourth-order valence-corrected chi connectivity index (χ4v) is 2.28. The number of aromatic nitrogens is 2. The molecule has 1 heterocycles. The van der Waals surface area contributed by atoms with E-state index in [-0.39, 0.29) is 0 Å². The van der Waals surface area contributed by atoms with Gasteiger partial charge in [-0.1, -0.05) is 6.92 Å². The molecular formula is C15H15F3N2O2S. The van der Waals surface area contributed by atoms with Crippen LogP contribution in [0.3, 0.4) is 0 Å². The molecular weight excluding hydrogens is 329 g/mol. The predicted molar refractivity (Wildman–Crippen MR) is 81.8 cm³/mol. The second-order valence-corrected chi connectivity index (χ2v) is 5.92. The minimum Gasteiger partial charge on any atom is -0.461 e. The van der Waals surface area contributed by atoms with Gasteiger partial charge in [-0.3, -0.25) is 0 Å². The number of hydrogen-bond acceptors (Lipinski definition) is 4. The molecule has 0 atom stereocenters. The van der Waals surface area contributed by atoms with E-state index in [1.54, 1.807) is 11.8 Å². The number of carbonyl (C=O) groups is 1. The molecule has 4 nitrogen and oxygen atoms in total. The number of halogens is 3. The summed E-state index contributed by atoms with van der Waals surface area (Å²) in [6, 6.07) is 6.93. The molecule has 8 heteroatoms.